The molecule has 0 aliphatic rings. The molecule has 0 aliphatic heterocycles. The normalized spacial score (nSPS) is 11.5. The molecule has 2 aromatic rings. The first kappa shape index (κ1) is 23.2. The Labute approximate surface area is 174 Å². The summed E-state index contributed by atoms with van der Waals surface area (Å²) in [7, 11) is -4.34. The second kappa shape index (κ2) is 11.8. The van der Waals surface area contributed by atoms with E-state index in [0.717, 1.165) is 19.3 Å². The molecule has 0 spiro atoms. The van der Waals surface area contributed by atoms with Crippen LogP contribution in [-0.4, -0.2) is 18.1 Å². The summed E-state index contributed by atoms with van der Waals surface area (Å²) in [6, 6.07) is 10.9. The Kier molecular flexibility index (Phi) is 9.48. The maximum Gasteiger partial charge on any atom is 0.294 e. The lowest BCUT2D eigenvalue weighted by atomic mass is 10.0. The van der Waals surface area contributed by atoms with Gasteiger partial charge in [-0.1, -0.05) is 64.4 Å². The van der Waals surface area contributed by atoms with Crippen molar-refractivity contribution in [3.63, 3.8) is 0 Å². The van der Waals surface area contributed by atoms with E-state index in [4.69, 9.17) is 4.74 Å². The molecule has 160 valence electrons. The van der Waals surface area contributed by atoms with Crippen LogP contribution < -0.4 is 4.74 Å². The van der Waals surface area contributed by atoms with E-state index in [1.54, 1.807) is 24.3 Å². The third kappa shape index (κ3) is 8.46. The molecule has 6 heteroatoms. The third-order valence-corrected chi connectivity index (χ3v) is 5.87. The van der Waals surface area contributed by atoms with Gasteiger partial charge in [-0.05, 0) is 48.7 Å². The molecule has 2 aromatic carbocycles. The van der Waals surface area contributed by atoms with E-state index in [2.05, 4.69) is 6.92 Å². The van der Waals surface area contributed by atoms with Gasteiger partial charge < -0.3 is 9.84 Å². The van der Waals surface area contributed by atoms with Crippen molar-refractivity contribution in [2.75, 3.05) is 0 Å². The molecule has 2 N–H and O–H groups in total. The molecular weight excluding hydrogens is 388 g/mol. The van der Waals surface area contributed by atoms with Gasteiger partial charge in [0.2, 0.25) is 0 Å². The maximum atomic E-state index is 11.8. The Morgan fingerprint density at radius 1 is 0.793 bits per heavy atom. The maximum absolute atomic E-state index is 11.8. The van der Waals surface area contributed by atoms with Crippen LogP contribution in [-0.2, 0) is 16.5 Å². The highest BCUT2D eigenvalue weighted by atomic mass is 32.2. The first-order valence-corrected chi connectivity index (χ1v) is 11.9. The van der Waals surface area contributed by atoms with Gasteiger partial charge in [0.1, 0.15) is 22.1 Å². The van der Waals surface area contributed by atoms with E-state index in [-0.39, 0.29) is 10.6 Å². The Balaban J connectivity index is 1.90. The van der Waals surface area contributed by atoms with Crippen molar-refractivity contribution in [1.82, 2.24) is 0 Å². The minimum absolute atomic E-state index is 0.103. The van der Waals surface area contributed by atoms with Crippen LogP contribution in [0.1, 0.15) is 70.3 Å². The Morgan fingerprint density at radius 2 is 1.34 bits per heavy atom. The lowest BCUT2D eigenvalue weighted by molar-refractivity contribution is 0.461. The summed E-state index contributed by atoms with van der Waals surface area (Å²) in [5.74, 6) is 0.905. The molecule has 0 fully saturated rings. The summed E-state index contributed by atoms with van der Waals surface area (Å²) in [6.07, 6.45) is 11.3. The number of aromatic hydroxyl groups is 1. The number of rotatable bonds is 13. The smallest absolute Gasteiger partial charge is 0.294 e. The van der Waals surface area contributed by atoms with Crippen molar-refractivity contribution in [2.24, 2.45) is 0 Å². The largest absolute Gasteiger partial charge is 0.508 e. The zero-order chi connectivity index (χ0) is 21.1. The first-order valence-electron chi connectivity index (χ1n) is 10.5. The Hall–Kier alpha value is -2.05. The lowest BCUT2D eigenvalue weighted by Gasteiger charge is -2.11. The van der Waals surface area contributed by atoms with Crippen LogP contribution in [0, 0.1) is 0 Å². The van der Waals surface area contributed by atoms with Gasteiger partial charge in [-0.15, -0.1) is 0 Å². The van der Waals surface area contributed by atoms with Gasteiger partial charge in [-0.25, -0.2) is 0 Å². The molecule has 0 amide bonds. The van der Waals surface area contributed by atoms with E-state index >= 15 is 0 Å². The fraction of sp³-hybridized carbons (Fsp3) is 0.478. The monoisotopic (exact) mass is 420 g/mol. The summed E-state index contributed by atoms with van der Waals surface area (Å²) in [4.78, 5) is -0.103. The quantitative estimate of drug-likeness (QED) is 0.285. The van der Waals surface area contributed by atoms with Gasteiger partial charge in [0, 0.05) is 6.07 Å². The van der Waals surface area contributed by atoms with Gasteiger partial charge in [0.25, 0.3) is 10.1 Å². The number of aryl methyl sites for hydroxylation is 1. The van der Waals surface area contributed by atoms with Crippen LogP contribution >= 0.6 is 0 Å². The first-order chi connectivity index (χ1) is 13.9. The van der Waals surface area contributed by atoms with E-state index in [0.29, 0.717) is 23.5 Å². The van der Waals surface area contributed by atoms with Crippen LogP contribution in [0.3, 0.4) is 0 Å². The number of hydrogen-bond donors (Lipinski definition) is 2. The second-order valence-corrected chi connectivity index (χ2v) is 8.81. The van der Waals surface area contributed by atoms with E-state index < -0.39 is 10.1 Å². The van der Waals surface area contributed by atoms with Gasteiger partial charge in [-0.2, -0.15) is 8.42 Å². The van der Waals surface area contributed by atoms with Crippen molar-refractivity contribution < 1.29 is 22.8 Å². The van der Waals surface area contributed by atoms with Crippen LogP contribution in [0.5, 0.6) is 17.2 Å². The number of benzene rings is 2. The lowest BCUT2D eigenvalue weighted by Crippen LogP contribution is -2.04. The predicted molar refractivity (Wildman–Crippen MR) is 115 cm³/mol. The highest BCUT2D eigenvalue weighted by Gasteiger charge is 2.17. The summed E-state index contributed by atoms with van der Waals surface area (Å²) < 4.78 is 38.9. The van der Waals surface area contributed by atoms with Crippen LogP contribution in [0.2, 0.25) is 0 Å². The molecule has 0 saturated carbocycles. The van der Waals surface area contributed by atoms with Crippen molar-refractivity contribution in [1.29, 1.82) is 0 Å². The minimum Gasteiger partial charge on any atom is -0.508 e. The molecule has 0 radical (unpaired) electrons. The number of unbranched alkanes of at least 4 members (excludes halogenated alkanes) is 8. The number of hydrogen-bond acceptors (Lipinski definition) is 4. The van der Waals surface area contributed by atoms with Crippen molar-refractivity contribution >= 4 is 10.1 Å². The Bertz CT molecular complexity index is 844. The zero-order valence-electron chi connectivity index (χ0n) is 17.1. The average Bonchev–Trinajstić information content (AvgIpc) is 2.68. The van der Waals surface area contributed by atoms with Gasteiger partial charge >= 0.3 is 0 Å². The van der Waals surface area contributed by atoms with E-state index in [1.807, 2.05) is 0 Å². The van der Waals surface area contributed by atoms with Gasteiger partial charge in [0.05, 0.1) is 0 Å². The van der Waals surface area contributed by atoms with Crippen molar-refractivity contribution in [2.45, 2.75) is 76.0 Å². The second-order valence-electron chi connectivity index (χ2n) is 7.42. The Morgan fingerprint density at radius 3 is 1.93 bits per heavy atom. The molecular formula is C23H32O5S. The zero-order valence-corrected chi connectivity index (χ0v) is 18.0. The molecule has 2 rings (SSSR count). The average molecular weight is 421 g/mol. The molecule has 29 heavy (non-hydrogen) atoms. The molecule has 0 atom stereocenters. The SMILES string of the molecule is CCCCCCCCCCCc1ccc(Oc2ccc(O)cc2)cc1S(=O)(=O)O. The van der Waals surface area contributed by atoms with Crippen molar-refractivity contribution in [3.8, 4) is 17.2 Å². The molecule has 0 saturated heterocycles. The molecule has 0 aliphatic carbocycles. The van der Waals surface area contributed by atoms with E-state index in [9.17, 15) is 18.1 Å². The highest BCUT2D eigenvalue weighted by Crippen LogP contribution is 2.28. The van der Waals surface area contributed by atoms with Gasteiger partial charge in [-0.3, -0.25) is 4.55 Å². The molecule has 5 nitrogen and oxygen atoms in total. The van der Waals surface area contributed by atoms with Crippen LogP contribution in [0.15, 0.2) is 47.4 Å². The molecule has 0 heterocycles. The van der Waals surface area contributed by atoms with Gasteiger partial charge in [0.15, 0.2) is 0 Å². The van der Waals surface area contributed by atoms with Crippen LogP contribution in [0.4, 0.5) is 0 Å². The fourth-order valence-corrected chi connectivity index (χ4v) is 4.09. The highest BCUT2D eigenvalue weighted by molar-refractivity contribution is 7.85. The topological polar surface area (TPSA) is 83.8 Å². The molecule has 0 aromatic heterocycles. The predicted octanol–water partition coefficient (Wildman–Crippen LogP) is 6.50. The van der Waals surface area contributed by atoms with E-state index in [1.165, 1.54) is 56.7 Å². The summed E-state index contributed by atoms with van der Waals surface area (Å²) in [5, 5.41) is 9.33. The number of phenolic OH excluding ortho intramolecular Hbond substituents is 1. The van der Waals surface area contributed by atoms with Crippen molar-refractivity contribution in [3.05, 3.63) is 48.0 Å². The summed E-state index contributed by atoms with van der Waals surface area (Å²) >= 11 is 0. The number of phenols is 1. The standard InChI is InChI=1S/C23H32O5S/c1-2-3-4-5-6-7-8-9-10-11-19-12-15-22(18-23(19)29(25,26)27)28-21-16-13-20(24)14-17-21/h12-18,24H,2-11H2,1H3,(H,25,26,27). The molecule has 0 unspecified atom stereocenters. The summed E-state index contributed by atoms with van der Waals surface area (Å²) in [6.45, 7) is 2.22. The summed E-state index contributed by atoms with van der Waals surface area (Å²) in [5.41, 5.74) is 0.605. The van der Waals surface area contributed by atoms with Crippen LogP contribution in [0.25, 0.3) is 0 Å². The minimum atomic E-state index is -4.34. The number of ether oxygens (including phenoxy) is 1. The molecule has 0 bridgehead atoms. The third-order valence-electron chi connectivity index (χ3n) is 4.94. The fourth-order valence-electron chi connectivity index (χ4n) is 3.32.